The molecule has 28 heavy (non-hydrogen) atoms. The number of benzene rings is 1. The van der Waals surface area contributed by atoms with Crippen LogP contribution in [0.25, 0.3) is 33.3 Å². The highest BCUT2D eigenvalue weighted by atomic mass is 16.3. The van der Waals surface area contributed by atoms with E-state index in [4.69, 9.17) is 9.40 Å². The second kappa shape index (κ2) is 7.05. The Balaban J connectivity index is 1.83. The van der Waals surface area contributed by atoms with Crippen LogP contribution in [-0.2, 0) is 12.8 Å². The van der Waals surface area contributed by atoms with E-state index in [1.807, 2.05) is 6.20 Å². The summed E-state index contributed by atoms with van der Waals surface area (Å²) in [6.07, 6.45) is 3.86. The molecule has 0 spiro atoms. The first-order valence-electron chi connectivity index (χ1n) is 10.1. The highest BCUT2D eigenvalue weighted by Crippen LogP contribution is 2.35. The first kappa shape index (κ1) is 18.7. The van der Waals surface area contributed by atoms with Crippen LogP contribution in [0.1, 0.15) is 45.9 Å². The van der Waals surface area contributed by atoms with Crippen LogP contribution in [-0.4, -0.2) is 9.97 Å². The highest BCUT2D eigenvalue weighted by molar-refractivity contribution is 6.08. The van der Waals surface area contributed by atoms with Crippen LogP contribution in [0.2, 0.25) is 0 Å². The molecule has 144 valence electrons. The number of aromatic nitrogens is 2. The van der Waals surface area contributed by atoms with Gasteiger partial charge in [-0.2, -0.15) is 0 Å². The first-order chi connectivity index (χ1) is 13.3. The van der Waals surface area contributed by atoms with E-state index in [1.54, 1.807) is 0 Å². The number of fused-ring (bicyclic) bond motifs is 3. The maximum Gasteiger partial charge on any atom is 0.227 e. The van der Waals surface area contributed by atoms with Crippen LogP contribution in [0.15, 0.2) is 53.1 Å². The van der Waals surface area contributed by atoms with E-state index in [0.717, 1.165) is 46.1 Å². The third-order valence-corrected chi connectivity index (χ3v) is 4.88. The van der Waals surface area contributed by atoms with Gasteiger partial charge in [0.2, 0.25) is 5.71 Å². The molecule has 0 bridgehead atoms. The van der Waals surface area contributed by atoms with Crippen molar-refractivity contribution in [3.8, 4) is 11.3 Å². The summed E-state index contributed by atoms with van der Waals surface area (Å²) in [6, 6.07) is 14.8. The van der Waals surface area contributed by atoms with Crippen LogP contribution in [0.4, 0.5) is 0 Å². The minimum absolute atomic E-state index is 0.193. The smallest absolute Gasteiger partial charge is 0.227 e. The minimum atomic E-state index is 0.193. The highest BCUT2D eigenvalue weighted by Gasteiger charge is 2.17. The van der Waals surface area contributed by atoms with E-state index in [2.05, 4.69) is 82.1 Å². The van der Waals surface area contributed by atoms with E-state index >= 15 is 0 Å². The Morgan fingerprint density at radius 2 is 1.82 bits per heavy atom. The summed E-state index contributed by atoms with van der Waals surface area (Å²) >= 11 is 0. The van der Waals surface area contributed by atoms with E-state index in [-0.39, 0.29) is 5.41 Å². The maximum absolute atomic E-state index is 6.26. The van der Waals surface area contributed by atoms with Crippen LogP contribution in [0.5, 0.6) is 0 Å². The lowest BCUT2D eigenvalue weighted by molar-refractivity contribution is 0.406. The Bertz CT molecular complexity index is 1130. The molecule has 0 aliphatic heterocycles. The van der Waals surface area contributed by atoms with E-state index < -0.39 is 0 Å². The second-order valence-electron chi connectivity index (χ2n) is 9.32. The summed E-state index contributed by atoms with van der Waals surface area (Å²) in [6.45, 7) is 11.2. The first-order valence-corrected chi connectivity index (χ1v) is 10.1. The molecule has 0 amide bonds. The van der Waals surface area contributed by atoms with Crippen LogP contribution in [0, 0.1) is 11.3 Å². The van der Waals surface area contributed by atoms with Gasteiger partial charge in [-0.15, -0.1) is 0 Å². The van der Waals surface area contributed by atoms with Crippen molar-refractivity contribution in [2.75, 3.05) is 0 Å². The van der Waals surface area contributed by atoms with Crippen molar-refractivity contribution in [2.45, 2.75) is 47.5 Å². The predicted molar refractivity (Wildman–Crippen MR) is 116 cm³/mol. The van der Waals surface area contributed by atoms with Gasteiger partial charge in [-0.1, -0.05) is 46.8 Å². The maximum atomic E-state index is 6.26. The molecule has 3 heteroatoms. The van der Waals surface area contributed by atoms with Crippen LogP contribution < -0.4 is 0 Å². The molecule has 0 fully saturated rings. The quantitative estimate of drug-likeness (QED) is 0.394. The number of hydrogen-bond donors (Lipinski definition) is 0. The lowest BCUT2D eigenvalue weighted by atomic mass is 9.90. The van der Waals surface area contributed by atoms with Gasteiger partial charge < -0.3 is 4.42 Å². The van der Waals surface area contributed by atoms with E-state index in [1.165, 1.54) is 5.56 Å². The average Bonchev–Trinajstić information content (AvgIpc) is 2.97. The van der Waals surface area contributed by atoms with Gasteiger partial charge in [-0.25, -0.2) is 4.98 Å². The Hall–Kier alpha value is -2.68. The van der Waals surface area contributed by atoms with Crippen LogP contribution in [0.3, 0.4) is 0 Å². The predicted octanol–water partition coefficient (Wildman–Crippen LogP) is 6.83. The van der Waals surface area contributed by atoms with E-state index in [9.17, 15) is 0 Å². The fourth-order valence-corrected chi connectivity index (χ4v) is 3.78. The summed E-state index contributed by atoms with van der Waals surface area (Å²) in [5.41, 5.74) is 6.13. The second-order valence-corrected chi connectivity index (χ2v) is 9.32. The molecular formula is C25H28N2O. The SMILES string of the molecule is CC(C)Cc1ccnc(-c2cccc3c2oc2nc(CC(C)(C)C)ccc23)c1. The molecule has 1 aromatic carbocycles. The largest absolute Gasteiger partial charge is 0.437 e. The van der Waals surface area contributed by atoms with Crippen molar-refractivity contribution in [1.29, 1.82) is 0 Å². The van der Waals surface area contributed by atoms with Crippen molar-refractivity contribution in [1.82, 2.24) is 9.97 Å². The summed E-state index contributed by atoms with van der Waals surface area (Å²) in [5, 5.41) is 2.16. The summed E-state index contributed by atoms with van der Waals surface area (Å²) in [7, 11) is 0. The zero-order valence-corrected chi connectivity index (χ0v) is 17.4. The lowest BCUT2D eigenvalue weighted by Crippen LogP contribution is -2.10. The molecule has 0 unspecified atom stereocenters. The van der Waals surface area contributed by atoms with Crippen molar-refractivity contribution >= 4 is 22.1 Å². The third kappa shape index (κ3) is 3.80. The van der Waals surface area contributed by atoms with Gasteiger partial charge in [-0.05, 0) is 60.1 Å². The number of nitrogens with zero attached hydrogens (tertiary/aromatic N) is 2. The van der Waals surface area contributed by atoms with Gasteiger partial charge in [0.1, 0.15) is 5.58 Å². The minimum Gasteiger partial charge on any atom is -0.437 e. The van der Waals surface area contributed by atoms with Crippen LogP contribution >= 0.6 is 0 Å². The molecule has 4 aromatic rings. The number of rotatable bonds is 4. The normalized spacial score (nSPS) is 12.4. The van der Waals surface area contributed by atoms with Crippen molar-refractivity contribution in [3.63, 3.8) is 0 Å². The molecule has 0 saturated carbocycles. The standard InChI is InChI=1S/C25H28N2O/c1-16(2)13-17-11-12-26-22(14-17)21-8-6-7-19-20-10-9-18(15-25(3,4)5)27-24(20)28-23(19)21/h6-12,14,16H,13,15H2,1-5H3. The van der Waals surface area contributed by atoms with E-state index in [0.29, 0.717) is 11.6 Å². The summed E-state index contributed by atoms with van der Waals surface area (Å²) in [5.74, 6) is 0.614. The van der Waals surface area contributed by atoms with Crippen molar-refractivity contribution < 1.29 is 4.42 Å². The molecule has 0 radical (unpaired) electrons. The molecule has 0 aliphatic rings. The topological polar surface area (TPSA) is 38.9 Å². The summed E-state index contributed by atoms with van der Waals surface area (Å²) in [4.78, 5) is 9.43. The molecule has 3 heterocycles. The summed E-state index contributed by atoms with van der Waals surface area (Å²) < 4.78 is 6.26. The molecule has 0 N–H and O–H groups in total. The monoisotopic (exact) mass is 372 g/mol. The van der Waals surface area contributed by atoms with Gasteiger partial charge in [-0.3, -0.25) is 4.98 Å². The van der Waals surface area contributed by atoms with Gasteiger partial charge >= 0.3 is 0 Å². The van der Waals surface area contributed by atoms with Crippen molar-refractivity contribution in [3.05, 3.63) is 59.9 Å². The van der Waals surface area contributed by atoms with Gasteiger partial charge in [0.25, 0.3) is 0 Å². The average molecular weight is 373 g/mol. The Morgan fingerprint density at radius 3 is 2.57 bits per heavy atom. The van der Waals surface area contributed by atoms with Gasteiger partial charge in [0, 0.05) is 28.2 Å². The number of pyridine rings is 2. The molecule has 3 aromatic heterocycles. The molecular weight excluding hydrogens is 344 g/mol. The Labute approximate surface area is 166 Å². The Morgan fingerprint density at radius 1 is 1.00 bits per heavy atom. The number of para-hydroxylation sites is 1. The fourth-order valence-electron chi connectivity index (χ4n) is 3.78. The zero-order valence-electron chi connectivity index (χ0n) is 17.4. The third-order valence-electron chi connectivity index (χ3n) is 4.88. The Kier molecular flexibility index (Phi) is 4.70. The van der Waals surface area contributed by atoms with Gasteiger partial charge in [0.15, 0.2) is 0 Å². The zero-order chi connectivity index (χ0) is 19.9. The molecule has 0 atom stereocenters. The molecule has 0 saturated heterocycles. The molecule has 3 nitrogen and oxygen atoms in total. The van der Waals surface area contributed by atoms with Gasteiger partial charge in [0.05, 0.1) is 5.69 Å². The number of furan rings is 1. The van der Waals surface area contributed by atoms with Crippen molar-refractivity contribution in [2.24, 2.45) is 11.3 Å². The fraction of sp³-hybridized carbons (Fsp3) is 0.360. The lowest BCUT2D eigenvalue weighted by Gasteiger charge is -2.16. The number of hydrogen-bond acceptors (Lipinski definition) is 3. The molecule has 4 rings (SSSR count). The molecule has 0 aliphatic carbocycles.